The van der Waals surface area contributed by atoms with Crippen LogP contribution in [0.3, 0.4) is 0 Å². The highest BCUT2D eigenvalue weighted by molar-refractivity contribution is 7.12. The van der Waals surface area contributed by atoms with Gasteiger partial charge in [-0.3, -0.25) is 4.79 Å². The molecule has 5 heteroatoms. The molecule has 1 aliphatic carbocycles. The fraction of sp³-hybridized carbons (Fsp3) is 0.353. The van der Waals surface area contributed by atoms with E-state index in [9.17, 15) is 9.90 Å². The molecule has 2 heterocycles. The number of nitrogens with one attached hydrogen (secondary N) is 1. The standard InChI is InChI=1S/C17H19NO3S/c19-16(14-7-4-10-21-14)15-9-8-13(22-15)11-18-17(20)12-5-2-1-3-6-12/h1-2,4,7-10,12,16,19H,3,5-6,11H2,(H,18,20). The second-order valence-electron chi connectivity index (χ2n) is 5.42. The lowest BCUT2D eigenvalue weighted by molar-refractivity contribution is -0.125. The van der Waals surface area contributed by atoms with Crippen molar-refractivity contribution in [3.8, 4) is 0 Å². The average molecular weight is 317 g/mol. The van der Waals surface area contributed by atoms with Gasteiger partial charge in [-0.25, -0.2) is 0 Å². The number of allylic oxidation sites excluding steroid dienone is 2. The van der Waals surface area contributed by atoms with Gasteiger partial charge in [0, 0.05) is 15.7 Å². The van der Waals surface area contributed by atoms with Gasteiger partial charge in [0.05, 0.1) is 12.8 Å². The smallest absolute Gasteiger partial charge is 0.223 e. The van der Waals surface area contributed by atoms with Crippen LogP contribution in [0.5, 0.6) is 0 Å². The zero-order chi connectivity index (χ0) is 15.4. The van der Waals surface area contributed by atoms with Crippen LogP contribution in [0.1, 0.15) is 40.9 Å². The molecule has 2 aromatic rings. The van der Waals surface area contributed by atoms with Crippen molar-refractivity contribution in [3.05, 3.63) is 58.2 Å². The number of hydrogen-bond donors (Lipinski definition) is 2. The Labute approximate surface area is 133 Å². The van der Waals surface area contributed by atoms with E-state index < -0.39 is 6.10 Å². The number of furan rings is 1. The SMILES string of the molecule is O=C(NCc1ccc(C(O)c2ccco2)s1)C1CC=CCC1. The van der Waals surface area contributed by atoms with Gasteiger partial charge in [0.15, 0.2) is 0 Å². The van der Waals surface area contributed by atoms with Crippen LogP contribution in [0.25, 0.3) is 0 Å². The van der Waals surface area contributed by atoms with Gasteiger partial charge in [0.1, 0.15) is 11.9 Å². The van der Waals surface area contributed by atoms with Crippen LogP contribution in [-0.2, 0) is 11.3 Å². The van der Waals surface area contributed by atoms with Crippen molar-refractivity contribution < 1.29 is 14.3 Å². The normalized spacial score (nSPS) is 19.0. The van der Waals surface area contributed by atoms with Gasteiger partial charge in [-0.1, -0.05) is 12.2 Å². The molecule has 2 N–H and O–H groups in total. The van der Waals surface area contributed by atoms with E-state index in [0.717, 1.165) is 29.0 Å². The van der Waals surface area contributed by atoms with Crippen molar-refractivity contribution >= 4 is 17.2 Å². The number of carbonyl (C=O) groups excluding carboxylic acids is 1. The number of amides is 1. The minimum absolute atomic E-state index is 0.0955. The predicted octanol–water partition coefficient (Wildman–Crippen LogP) is 3.40. The maximum absolute atomic E-state index is 12.1. The van der Waals surface area contributed by atoms with E-state index in [1.807, 2.05) is 12.1 Å². The molecule has 3 rings (SSSR count). The molecule has 0 saturated heterocycles. The molecule has 0 radical (unpaired) electrons. The highest BCUT2D eigenvalue weighted by atomic mass is 32.1. The van der Waals surface area contributed by atoms with Gasteiger partial charge >= 0.3 is 0 Å². The van der Waals surface area contributed by atoms with Gasteiger partial charge in [0.25, 0.3) is 0 Å². The summed E-state index contributed by atoms with van der Waals surface area (Å²) in [4.78, 5) is 13.9. The molecule has 1 aliphatic rings. The minimum Gasteiger partial charge on any atom is -0.466 e. The number of aliphatic hydroxyl groups excluding tert-OH is 1. The third kappa shape index (κ3) is 3.48. The van der Waals surface area contributed by atoms with E-state index in [1.54, 1.807) is 18.4 Å². The Kier molecular flexibility index (Phi) is 4.75. The van der Waals surface area contributed by atoms with Crippen molar-refractivity contribution in [1.29, 1.82) is 0 Å². The molecule has 1 amide bonds. The Balaban J connectivity index is 1.55. The number of thiophene rings is 1. The van der Waals surface area contributed by atoms with Gasteiger partial charge in [-0.2, -0.15) is 0 Å². The zero-order valence-electron chi connectivity index (χ0n) is 12.2. The molecular formula is C17H19NO3S. The fourth-order valence-electron chi connectivity index (χ4n) is 2.57. The van der Waals surface area contributed by atoms with E-state index in [4.69, 9.17) is 4.42 Å². The Bertz CT molecular complexity index is 645. The van der Waals surface area contributed by atoms with Crippen LogP contribution in [0.15, 0.2) is 47.1 Å². The summed E-state index contributed by atoms with van der Waals surface area (Å²) in [7, 11) is 0. The van der Waals surface area contributed by atoms with E-state index in [0.29, 0.717) is 12.3 Å². The Morgan fingerprint density at radius 1 is 1.41 bits per heavy atom. The summed E-state index contributed by atoms with van der Waals surface area (Å²) in [6.07, 6.45) is 7.76. The number of rotatable bonds is 5. The zero-order valence-corrected chi connectivity index (χ0v) is 13.0. The molecule has 0 aliphatic heterocycles. The highest BCUT2D eigenvalue weighted by Gasteiger charge is 2.19. The molecule has 4 nitrogen and oxygen atoms in total. The Hall–Kier alpha value is -1.85. The first-order chi connectivity index (χ1) is 10.7. The molecule has 0 spiro atoms. The van der Waals surface area contributed by atoms with Gasteiger partial charge in [0.2, 0.25) is 5.91 Å². The van der Waals surface area contributed by atoms with Gasteiger partial charge in [-0.15, -0.1) is 11.3 Å². The van der Waals surface area contributed by atoms with Crippen molar-refractivity contribution in [2.75, 3.05) is 0 Å². The van der Waals surface area contributed by atoms with E-state index in [-0.39, 0.29) is 11.8 Å². The quantitative estimate of drug-likeness (QED) is 0.831. The molecule has 2 aromatic heterocycles. The van der Waals surface area contributed by atoms with Crippen LogP contribution in [-0.4, -0.2) is 11.0 Å². The summed E-state index contributed by atoms with van der Waals surface area (Å²) >= 11 is 1.49. The predicted molar refractivity (Wildman–Crippen MR) is 85.4 cm³/mol. The minimum atomic E-state index is -0.743. The molecule has 22 heavy (non-hydrogen) atoms. The summed E-state index contributed by atoms with van der Waals surface area (Å²) in [5.74, 6) is 0.746. The Morgan fingerprint density at radius 2 is 2.32 bits per heavy atom. The topological polar surface area (TPSA) is 62.5 Å². The van der Waals surface area contributed by atoms with E-state index in [2.05, 4.69) is 17.5 Å². The molecule has 2 unspecified atom stereocenters. The van der Waals surface area contributed by atoms with Crippen LogP contribution in [0, 0.1) is 5.92 Å². The number of aliphatic hydroxyl groups is 1. The average Bonchev–Trinajstić information content (AvgIpc) is 3.24. The Morgan fingerprint density at radius 3 is 3.05 bits per heavy atom. The summed E-state index contributed by atoms with van der Waals surface area (Å²) in [5, 5.41) is 13.2. The molecule has 0 aromatic carbocycles. The summed E-state index contributed by atoms with van der Waals surface area (Å²) in [5.41, 5.74) is 0. The lowest BCUT2D eigenvalue weighted by atomic mass is 9.94. The summed E-state index contributed by atoms with van der Waals surface area (Å²) in [6.45, 7) is 0.509. The van der Waals surface area contributed by atoms with Crippen LogP contribution in [0.2, 0.25) is 0 Å². The molecular weight excluding hydrogens is 298 g/mol. The largest absolute Gasteiger partial charge is 0.466 e. The summed E-state index contributed by atoms with van der Waals surface area (Å²) in [6, 6.07) is 7.32. The molecule has 0 fully saturated rings. The fourth-order valence-corrected chi connectivity index (χ4v) is 3.52. The lowest BCUT2D eigenvalue weighted by Gasteiger charge is -2.16. The lowest BCUT2D eigenvalue weighted by Crippen LogP contribution is -2.30. The second kappa shape index (κ2) is 6.94. The molecule has 116 valence electrons. The van der Waals surface area contributed by atoms with Crippen molar-refractivity contribution in [1.82, 2.24) is 5.32 Å². The van der Waals surface area contributed by atoms with Gasteiger partial charge in [-0.05, 0) is 43.5 Å². The second-order valence-corrected chi connectivity index (χ2v) is 6.62. The van der Waals surface area contributed by atoms with Gasteiger partial charge < -0.3 is 14.8 Å². The summed E-state index contributed by atoms with van der Waals surface area (Å²) < 4.78 is 5.22. The molecule has 0 saturated carbocycles. The number of carbonyl (C=O) groups is 1. The maximum Gasteiger partial charge on any atom is 0.223 e. The van der Waals surface area contributed by atoms with Crippen molar-refractivity contribution in [2.45, 2.75) is 31.9 Å². The first-order valence-corrected chi connectivity index (χ1v) is 8.28. The van der Waals surface area contributed by atoms with E-state index >= 15 is 0 Å². The maximum atomic E-state index is 12.1. The van der Waals surface area contributed by atoms with Crippen molar-refractivity contribution in [3.63, 3.8) is 0 Å². The van der Waals surface area contributed by atoms with Crippen molar-refractivity contribution in [2.24, 2.45) is 5.92 Å². The first kappa shape index (κ1) is 15.1. The number of hydrogen-bond acceptors (Lipinski definition) is 4. The monoisotopic (exact) mass is 317 g/mol. The first-order valence-electron chi connectivity index (χ1n) is 7.47. The van der Waals surface area contributed by atoms with Crippen LogP contribution < -0.4 is 5.32 Å². The van der Waals surface area contributed by atoms with E-state index in [1.165, 1.54) is 11.3 Å². The third-order valence-corrected chi connectivity index (χ3v) is 4.98. The van der Waals surface area contributed by atoms with Crippen LogP contribution in [0.4, 0.5) is 0 Å². The molecule has 0 bridgehead atoms. The third-order valence-electron chi connectivity index (χ3n) is 3.84. The van der Waals surface area contributed by atoms with Crippen LogP contribution >= 0.6 is 11.3 Å². The molecule has 2 atom stereocenters. The highest BCUT2D eigenvalue weighted by Crippen LogP contribution is 2.28.